The van der Waals surface area contributed by atoms with Gasteiger partial charge >= 0.3 is 7.12 Å². The van der Waals surface area contributed by atoms with Crippen molar-refractivity contribution in [3.8, 4) is 0 Å². The lowest BCUT2D eigenvalue weighted by Gasteiger charge is -2.32. The van der Waals surface area contributed by atoms with Gasteiger partial charge in [-0.15, -0.1) is 0 Å². The van der Waals surface area contributed by atoms with Crippen molar-refractivity contribution in [1.29, 1.82) is 0 Å². The van der Waals surface area contributed by atoms with Gasteiger partial charge in [0, 0.05) is 5.31 Å². The predicted octanol–water partition coefficient (Wildman–Crippen LogP) is 3.02. The van der Waals surface area contributed by atoms with E-state index in [0.29, 0.717) is 5.31 Å². The molecule has 0 spiro atoms. The summed E-state index contributed by atoms with van der Waals surface area (Å²) in [6.45, 7) is 8.60. The molecule has 84 valence electrons. The van der Waals surface area contributed by atoms with E-state index in [2.05, 4.69) is 27.7 Å². The molecule has 0 aromatic heterocycles. The van der Waals surface area contributed by atoms with Crippen molar-refractivity contribution in [3.63, 3.8) is 0 Å². The summed E-state index contributed by atoms with van der Waals surface area (Å²) >= 11 is 0. The van der Waals surface area contributed by atoms with Gasteiger partial charge in [0.1, 0.15) is 0 Å². The quantitative estimate of drug-likeness (QED) is 0.649. The topological polar surface area (TPSA) is 18.5 Å². The molecule has 0 atom stereocenters. The molecule has 0 unspecified atom stereocenters. The average molecular weight is 208 g/mol. The van der Waals surface area contributed by atoms with Gasteiger partial charge in [-0.25, -0.2) is 0 Å². The molecule has 0 radical (unpaired) electrons. The highest BCUT2D eigenvalue weighted by atomic mass is 16.7. The van der Waals surface area contributed by atoms with Gasteiger partial charge < -0.3 is 9.31 Å². The minimum absolute atomic E-state index is 0.0648. The Hall–Kier alpha value is -0.0151. The highest BCUT2D eigenvalue weighted by Gasteiger charge is 2.68. The fourth-order valence-corrected chi connectivity index (χ4v) is 2.72. The van der Waals surface area contributed by atoms with E-state index in [1.54, 1.807) is 0 Å². The van der Waals surface area contributed by atoms with Gasteiger partial charge in [-0.2, -0.15) is 0 Å². The number of hydrogen-bond acceptors (Lipinski definition) is 2. The molecule has 1 saturated heterocycles. The smallest absolute Gasteiger partial charge is 0.403 e. The molecule has 1 aliphatic heterocycles. The molecule has 0 aromatic carbocycles. The first kappa shape index (κ1) is 10.2. The third kappa shape index (κ3) is 1.32. The molecular formula is C12H21BO2. The SMILES string of the molecule is CC1(C)OB(C2(C3CC3)CC2)OC1(C)C. The van der Waals surface area contributed by atoms with Crippen LogP contribution in [0.15, 0.2) is 0 Å². The Morgan fingerprint density at radius 1 is 0.933 bits per heavy atom. The van der Waals surface area contributed by atoms with Crippen LogP contribution in [0.1, 0.15) is 53.4 Å². The molecule has 3 aliphatic rings. The Kier molecular flexibility index (Phi) is 1.78. The van der Waals surface area contributed by atoms with Crippen molar-refractivity contribution < 1.29 is 9.31 Å². The lowest BCUT2D eigenvalue weighted by atomic mass is 9.65. The van der Waals surface area contributed by atoms with Crippen LogP contribution in [0.2, 0.25) is 5.31 Å². The van der Waals surface area contributed by atoms with Crippen LogP contribution < -0.4 is 0 Å². The summed E-state index contributed by atoms with van der Waals surface area (Å²) in [5.74, 6) is 0.896. The van der Waals surface area contributed by atoms with Crippen LogP contribution in [0.4, 0.5) is 0 Å². The molecule has 0 amide bonds. The maximum atomic E-state index is 6.17. The van der Waals surface area contributed by atoms with E-state index in [1.807, 2.05) is 0 Å². The summed E-state index contributed by atoms with van der Waals surface area (Å²) in [6, 6.07) is 0. The molecule has 3 fully saturated rings. The third-order valence-corrected chi connectivity index (χ3v) is 4.94. The molecule has 2 nitrogen and oxygen atoms in total. The van der Waals surface area contributed by atoms with Gasteiger partial charge in [-0.3, -0.25) is 0 Å². The summed E-state index contributed by atoms with van der Waals surface area (Å²) in [5, 5.41) is 0.408. The number of hydrogen-bond donors (Lipinski definition) is 0. The fraction of sp³-hybridized carbons (Fsp3) is 1.00. The first-order valence-corrected chi connectivity index (χ1v) is 6.23. The molecule has 3 rings (SSSR count). The molecule has 2 saturated carbocycles. The zero-order chi connectivity index (χ0) is 10.9. The third-order valence-electron chi connectivity index (χ3n) is 4.94. The van der Waals surface area contributed by atoms with E-state index in [9.17, 15) is 0 Å². The lowest BCUT2D eigenvalue weighted by Crippen LogP contribution is -2.41. The number of rotatable bonds is 2. The van der Waals surface area contributed by atoms with Crippen LogP contribution in [0.25, 0.3) is 0 Å². The summed E-state index contributed by atoms with van der Waals surface area (Å²) in [6.07, 6.45) is 5.41. The Morgan fingerprint density at radius 2 is 1.40 bits per heavy atom. The van der Waals surface area contributed by atoms with E-state index in [0.717, 1.165) is 5.92 Å². The molecular weight excluding hydrogens is 187 g/mol. The van der Waals surface area contributed by atoms with Crippen molar-refractivity contribution in [2.45, 2.75) is 69.9 Å². The van der Waals surface area contributed by atoms with Crippen LogP contribution in [-0.4, -0.2) is 18.3 Å². The fourth-order valence-electron chi connectivity index (χ4n) is 2.72. The monoisotopic (exact) mass is 208 g/mol. The molecule has 0 N–H and O–H groups in total. The van der Waals surface area contributed by atoms with Crippen molar-refractivity contribution in [3.05, 3.63) is 0 Å². The van der Waals surface area contributed by atoms with Gasteiger partial charge in [0.2, 0.25) is 0 Å². The maximum absolute atomic E-state index is 6.17. The molecule has 15 heavy (non-hydrogen) atoms. The van der Waals surface area contributed by atoms with E-state index in [-0.39, 0.29) is 18.3 Å². The predicted molar refractivity (Wildman–Crippen MR) is 60.7 cm³/mol. The van der Waals surface area contributed by atoms with Crippen molar-refractivity contribution in [2.75, 3.05) is 0 Å². The van der Waals surface area contributed by atoms with Crippen molar-refractivity contribution >= 4 is 7.12 Å². The van der Waals surface area contributed by atoms with Gasteiger partial charge in [0.05, 0.1) is 11.2 Å². The van der Waals surface area contributed by atoms with E-state index in [1.165, 1.54) is 25.7 Å². The average Bonchev–Trinajstić information content (AvgIpc) is 2.96. The van der Waals surface area contributed by atoms with Gasteiger partial charge in [0.15, 0.2) is 0 Å². The first-order valence-electron chi connectivity index (χ1n) is 6.23. The van der Waals surface area contributed by atoms with Crippen LogP contribution in [0.5, 0.6) is 0 Å². The maximum Gasteiger partial charge on any atom is 0.464 e. The highest BCUT2D eigenvalue weighted by molar-refractivity contribution is 6.51. The molecule has 0 aromatic rings. The van der Waals surface area contributed by atoms with Gasteiger partial charge in [-0.1, -0.05) is 12.8 Å². The molecule has 3 heteroatoms. The van der Waals surface area contributed by atoms with E-state index >= 15 is 0 Å². The normalized spacial score (nSPS) is 35.6. The summed E-state index contributed by atoms with van der Waals surface area (Å²) < 4.78 is 12.3. The molecule has 1 heterocycles. The van der Waals surface area contributed by atoms with Gasteiger partial charge in [-0.05, 0) is 46.5 Å². The Balaban J connectivity index is 1.81. The zero-order valence-corrected chi connectivity index (χ0v) is 10.3. The molecule has 0 bridgehead atoms. The summed E-state index contributed by atoms with van der Waals surface area (Å²) in [7, 11) is 0.0648. The van der Waals surface area contributed by atoms with Crippen LogP contribution in [0, 0.1) is 5.92 Å². The van der Waals surface area contributed by atoms with Crippen molar-refractivity contribution in [2.24, 2.45) is 5.92 Å². The van der Waals surface area contributed by atoms with E-state index in [4.69, 9.17) is 9.31 Å². The highest BCUT2D eigenvalue weighted by Crippen LogP contribution is 2.71. The van der Waals surface area contributed by atoms with Crippen LogP contribution in [-0.2, 0) is 9.31 Å². The zero-order valence-electron chi connectivity index (χ0n) is 10.3. The van der Waals surface area contributed by atoms with Crippen molar-refractivity contribution in [1.82, 2.24) is 0 Å². The minimum Gasteiger partial charge on any atom is -0.403 e. The standard InChI is InChI=1S/C12H21BO2/c1-10(2)11(3,4)15-13(14-10)12(7-8-12)9-5-6-9/h9H,5-8H2,1-4H3. The summed E-state index contributed by atoms with van der Waals surface area (Å²) in [4.78, 5) is 0. The van der Waals surface area contributed by atoms with Crippen LogP contribution >= 0.6 is 0 Å². The Morgan fingerprint density at radius 3 is 1.73 bits per heavy atom. The minimum atomic E-state index is -0.151. The van der Waals surface area contributed by atoms with Crippen LogP contribution in [0.3, 0.4) is 0 Å². The molecule has 2 aliphatic carbocycles. The second-order valence-corrected chi connectivity index (χ2v) is 6.60. The Bertz CT molecular complexity index is 274. The Labute approximate surface area is 92.9 Å². The van der Waals surface area contributed by atoms with Gasteiger partial charge in [0.25, 0.3) is 0 Å². The second kappa shape index (κ2) is 2.62. The lowest BCUT2D eigenvalue weighted by molar-refractivity contribution is 0.00578. The largest absolute Gasteiger partial charge is 0.464 e. The summed E-state index contributed by atoms with van der Waals surface area (Å²) in [5.41, 5.74) is -0.301. The first-order chi connectivity index (χ1) is 6.87. The van der Waals surface area contributed by atoms with E-state index < -0.39 is 0 Å². The second-order valence-electron chi connectivity index (χ2n) is 6.60.